The monoisotopic (exact) mass is 457 g/mol. The Morgan fingerprint density at radius 2 is 1.52 bits per heavy atom. The topological polar surface area (TPSA) is 79.5 Å². The predicted molar refractivity (Wildman–Crippen MR) is 120 cm³/mol. The number of hydrogen-bond acceptors (Lipinski definition) is 4. The number of likely N-dealkylation sites (N-methyl/N-ethyl adjacent to an activating group) is 1. The minimum absolute atomic E-state index is 0.0146. The Balaban J connectivity index is 1.79. The molecule has 172 valence electrons. The smallest absolute Gasteiger partial charge is 0.416 e. The van der Waals surface area contributed by atoms with Crippen LogP contribution in [0, 0.1) is 0 Å². The molecule has 2 amide bonds. The zero-order chi connectivity index (χ0) is 23.8. The van der Waals surface area contributed by atoms with Gasteiger partial charge in [0.2, 0.25) is 0 Å². The molecule has 0 aliphatic rings. The van der Waals surface area contributed by atoms with E-state index in [9.17, 15) is 22.8 Å². The van der Waals surface area contributed by atoms with Crippen LogP contribution in [0.3, 0.4) is 0 Å². The van der Waals surface area contributed by atoms with Crippen LogP contribution in [-0.2, 0) is 6.18 Å². The molecule has 3 N–H and O–H groups in total. The third kappa shape index (κ3) is 6.33. The second-order valence-electron chi connectivity index (χ2n) is 6.98. The number of alkyl halides is 3. The fraction of sp³-hybridized carbons (Fsp3) is 0.167. The molecule has 6 nitrogen and oxygen atoms in total. The van der Waals surface area contributed by atoms with E-state index in [0.29, 0.717) is 18.9 Å². The van der Waals surface area contributed by atoms with Gasteiger partial charge in [-0.2, -0.15) is 13.2 Å². The number of ether oxygens (including phenoxy) is 1. The summed E-state index contributed by atoms with van der Waals surface area (Å²) in [4.78, 5) is 25.7. The predicted octanol–water partition coefficient (Wildman–Crippen LogP) is 4.81. The van der Waals surface area contributed by atoms with Gasteiger partial charge in [0.1, 0.15) is 12.4 Å². The van der Waals surface area contributed by atoms with Gasteiger partial charge >= 0.3 is 6.18 Å². The van der Waals surface area contributed by atoms with Crippen molar-refractivity contribution >= 4 is 23.2 Å². The number of carbonyl (C=O) groups is 2. The first-order chi connectivity index (χ1) is 15.8. The quantitative estimate of drug-likeness (QED) is 0.424. The normalized spacial score (nSPS) is 11.0. The molecule has 0 heterocycles. The van der Waals surface area contributed by atoms with Crippen LogP contribution in [0.2, 0.25) is 0 Å². The number of halogens is 3. The first-order valence-corrected chi connectivity index (χ1v) is 10.0. The molecule has 9 heteroatoms. The third-order valence-electron chi connectivity index (χ3n) is 4.61. The fourth-order valence-electron chi connectivity index (χ4n) is 2.99. The van der Waals surface area contributed by atoms with Gasteiger partial charge < -0.3 is 20.7 Å². The molecule has 0 saturated carbocycles. The molecule has 0 aliphatic heterocycles. The van der Waals surface area contributed by atoms with E-state index >= 15 is 0 Å². The van der Waals surface area contributed by atoms with Gasteiger partial charge in [0.25, 0.3) is 11.8 Å². The third-order valence-corrected chi connectivity index (χ3v) is 4.61. The van der Waals surface area contributed by atoms with Crippen LogP contribution in [-0.4, -0.2) is 32.0 Å². The Labute approximate surface area is 188 Å². The molecule has 0 aromatic heterocycles. The van der Waals surface area contributed by atoms with E-state index < -0.39 is 23.6 Å². The van der Waals surface area contributed by atoms with Crippen LogP contribution in [0.1, 0.15) is 26.3 Å². The van der Waals surface area contributed by atoms with E-state index in [1.807, 2.05) is 0 Å². The Morgan fingerprint density at radius 3 is 2.24 bits per heavy atom. The van der Waals surface area contributed by atoms with Crippen molar-refractivity contribution in [2.45, 2.75) is 6.18 Å². The second kappa shape index (κ2) is 10.6. The Hall–Kier alpha value is -3.85. The highest BCUT2D eigenvalue weighted by Gasteiger charge is 2.30. The van der Waals surface area contributed by atoms with Crippen molar-refractivity contribution in [3.63, 3.8) is 0 Å². The maximum absolute atomic E-state index is 13.0. The van der Waals surface area contributed by atoms with Gasteiger partial charge in [0, 0.05) is 12.2 Å². The van der Waals surface area contributed by atoms with Gasteiger partial charge in [-0.05, 0) is 49.5 Å². The van der Waals surface area contributed by atoms with E-state index in [1.165, 1.54) is 24.3 Å². The fourth-order valence-corrected chi connectivity index (χ4v) is 2.99. The molecular weight excluding hydrogens is 435 g/mol. The Bertz CT molecular complexity index is 1130. The molecule has 0 unspecified atom stereocenters. The number of carbonyl (C=O) groups excluding carboxylic acids is 2. The van der Waals surface area contributed by atoms with Crippen LogP contribution < -0.4 is 20.7 Å². The average molecular weight is 457 g/mol. The lowest BCUT2D eigenvalue weighted by Crippen LogP contribution is -2.20. The van der Waals surface area contributed by atoms with Gasteiger partial charge in [0.15, 0.2) is 0 Å². The Kier molecular flexibility index (Phi) is 7.68. The van der Waals surface area contributed by atoms with E-state index in [1.54, 1.807) is 43.4 Å². The van der Waals surface area contributed by atoms with E-state index in [0.717, 1.165) is 12.1 Å². The lowest BCUT2D eigenvalue weighted by atomic mass is 10.1. The molecule has 3 rings (SSSR count). The summed E-state index contributed by atoms with van der Waals surface area (Å²) in [7, 11) is 1.78. The number of hydrogen-bond donors (Lipinski definition) is 3. The highest BCUT2D eigenvalue weighted by Crippen LogP contribution is 2.31. The average Bonchev–Trinajstić information content (AvgIpc) is 2.79. The van der Waals surface area contributed by atoms with Gasteiger partial charge in [-0.1, -0.05) is 30.3 Å². The van der Waals surface area contributed by atoms with E-state index in [2.05, 4.69) is 16.0 Å². The highest BCUT2D eigenvalue weighted by molar-refractivity contribution is 6.13. The number of rotatable bonds is 8. The minimum Gasteiger partial charge on any atom is -0.491 e. The van der Waals surface area contributed by atoms with Crippen LogP contribution >= 0.6 is 0 Å². The molecule has 0 aliphatic carbocycles. The van der Waals surface area contributed by atoms with Crippen molar-refractivity contribution in [2.75, 3.05) is 30.8 Å². The molecule has 0 spiro atoms. The molecule has 0 saturated heterocycles. The summed E-state index contributed by atoms with van der Waals surface area (Å²) in [6, 6.07) is 17.2. The maximum atomic E-state index is 13.0. The SMILES string of the molecule is CNCCOc1ccccc1C(=O)Nc1ccccc1C(=O)Nc1cccc(C(F)(F)F)c1. The summed E-state index contributed by atoms with van der Waals surface area (Å²) in [5.41, 5.74) is -0.313. The standard InChI is InChI=1S/C24H22F3N3O3/c1-28-13-14-33-21-12-5-3-10-19(21)23(32)30-20-11-4-2-9-18(20)22(31)29-17-8-6-7-16(15-17)24(25,26)27/h2-12,15,28H,13-14H2,1H3,(H,29,31)(H,30,32). The molecule has 0 bridgehead atoms. The number of nitrogens with one attached hydrogen (secondary N) is 3. The van der Waals surface area contributed by atoms with Crippen molar-refractivity contribution in [3.05, 3.63) is 89.5 Å². The van der Waals surface area contributed by atoms with Crippen molar-refractivity contribution in [1.29, 1.82) is 0 Å². The summed E-state index contributed by atoms with van der Waals surface area (Å²) < 4.78 is 44.5. The van der Waals surface area contributed by atoms with Crippen LogP contribution in [0.5, 0.6) is 5.75 Å². The summed E-state index contributed by atoms with van der Waals surface area (Å²) in [6.07, 6.45) is -4.53. The highest BCUT2D eigenvalue weighted by atomic mass is 19.4. The summed E-state index contributed by atoms with van der Waals surface area (Å²) in [5.74, 6) is -0.769. The summed E-state index contributed by atoms with van der Waals surface area (Å²) in [5, 5.41) is 8.08. The first kappa shape index (κ1) is 23.8. The minimum atomic E-state index is -4.53. The van der Waals surface area contributed by atoms with Crippen molar-refractivity contribution in [2.24, 2.45) is 0 Å². The summed E-state index contributed by atoms with van der Waals surface area (Å²) in [6.45, 7) is 0.950. The van der Waals surface area contributed by atoms with Crippen molar-refractivity contribution in [1.82, 2.24) is 5.32 Å². The largest absolute Gasteiger partial charge is 0.491 e. The lowest BCUT2D eigenvalue weighted by molar-refractivity contribution is -0.137. The molecule has 0 fully saturated rings. The van der Waals surface area contributed by atoms with E-state index in [-0.39, 0.29) is 22.5 Å². The molecular formula is C24H22F3N3O3. The lowest BCUT2D eigenvalue weighted by Gasteiger charge is -2.14. The number of para-hydroxylation sites is 2. The van der Waals surface area contributed by atoms with Gasteiger partial charge in [-0.15, -0.1) is 0 Å². The Morgan fingerprint density at radius 1 is 0.848 bits per heavy atom. The van der Waals surface area contributed by atoms with Crippen LogP contribution in [0.4, 0.5) is 24.5 Å². The van der Waals surface area contributed by atoms with Crippen molar-refractivity contribution < 1.29 is 27.5 Å². The number of benzene rings is 3. The van der Waals surface area contributed by atoms with Gasteiger partial charge in [-0.3, -0.25) is 9.59 Å². The number of amides is 2. The number of anilines is 2. The van der Waals surface area contributed by atoms with Gasteiger partial charge in [-0.25, -0.2) is 0 Å². The van der Waals surface area contributed by atoms with Gasteiger partial charge in [0.05, 0.1) is 22.4 Å². The first-order valence-electron chi connectivity index (χ1n) is 10.0. The van der Waals surface area contributed by atoms with Crippen LogP contribution in [0.15, 0.2) is 72.8 Å². The van der Waals surface area contributed by atoms with Crippen LogP contribution in [0.25, 0.3) is 0 Å². The zero-order valence-electron chi connectivity index (χ0n) is 17.7. The second-order valence-corrected chi connectivity index (χ2v) is 6.98. The summed E-state index contributed by atoms with van der Waals surface area (Å²) >= 11 is 0. The molecule has 0 radical (unpaired) electrons. The molecule has 33 heavy (non-hydrogen) atoms. The van der Waals surface area contributed by atoms with Crippen molar-refractivity contribution in [3.8, 4) is 5.75 Å². The maximum Gasteiger partial charge on any atom is 0.416 e. The molecule has 3 aromatic rings. The zero-order valence-corrected chi connectivity index (χ0v) is 17.7. The van der Waals surface area contributed by atoms with E-state index in [4.69, 9.17) is 4.74 Å². The molecule has 3 aromatic carbocycles. The molecule has 0 atom stereocenters.